The van der Waals surface area contributed by atoms with Crippen molar-refractivity contribution in [3.05, 3.63) is 47.3 Å². The zero-order chi connectivity index (χ0) is 13.4. The number of rotatable bonds is 6. The van der Waals surface area contributed by atoms with E-state index >= 15 is 0 Å². The zero-order valence-electron chi connectivity index (χ0n) is 10.0. The highest BCUT2D eigenvalue weighted by molar-refractivity contribution is 7.80. The summed E-state index contributed by atoms with van der Waals surface area (Å²) in [5, 5.41) is 11.8. The fourth-order valence-electron chi connectivity index (χ4n) is 1.50. The van der Waals surface area contributed by atoms with E-state index in [1.54, 1.807) is 0 Å². The van der Waals surface area contributed by atoms with Crippen molar-refractivity contribution in [2.75, 3.05) is 6.54 Å². The van der Waals surface area contributed by atoms with Gasteiger partial charge in [0.05, 0.1) is 0 Å². The maximum absolute atomic E-state index is 8.81. The molecule has 0 amide bonds. The number of nitriles is 1. The van der Waals surface area contributed by atoms with Gasteiger partial charge in [0, 0.05) is 6.54 Å². The first-order valence-corrected chi connectivity index (χ1v) is 6.03. The average molecular weight is 260 g/mol. The monoisotopic (exact) mass is 260 g/mol. The van der Waals surface area contributed by atoms with Crippen molar-refractivity contribution in [3.63, 3.8) is 0 Å². The quantitative estimate of drug-likeness (QED) is 0.309. The molecule has 0 aliphatic heterocycles. The number of thiocarbonyl (C=S) groups is 1. The molecule has 4 nitrogen and oxygen atoms in total. The summed E-state index contributed by atoms with van der Waals surface area (Å²) in [5.74, 6) is 0.248. The second kappa shape index (κ2) is 7.30. The third-order valence-corrected chi connectivity index (χ3v) is 2.63. The van der Waals surface area contributed by atoms with Crippen LogP contribution in [0.1, 0.15) is 12.0 Å². The molecule has 0 aliphatic carbocycles. The van der Waals surface area contributed by atoms with Crippen LogP contribution in [-0.4, -0.2) is 11.5 Å². The Balaban J connectivity index is 2.39. The minimum Gasteiger partial charge on any atom is -0.389 e. The minimum absolute atomic E-state index is 0.0190. The Labute approximate surface area is 112 Å². The predicted octanol–water partition coefficient (Wildman–Crippen LogP) is 1.19. The van der Waals surface area contributed by atoms with Crippen molar-refractivity contribution in [2.24, 2.45) is 11.5 Å². The lowest BCUT2D eigenvalue weighted by molar-refractivity contribution is 0.716. The number of hydrogen-bond acceptors (Lipinski definition) is 4. The van der Waals surface area contributed by atoms with Gasteiger partial charge < -0.3 is 16.8 Å². The molecule has 0 aliphatic rings. The molecule has 18 heavy (non-hydrogen) atoms. The van der Waals surface area contributed by atoms with Crippen LogP contribution in [0.5, 0.6) is 0 Å². The highest BCUT2D eigenvalue weighted by Gasteiger charge is 2.05. The van der Waals surface area contributed by atoms with Crippen LogP contribution < -0.4 is 16.8 Å². The van der Waals surface area contributed by atoms with Crippen molar-refractivity contribution in [3.8, 4) is 6.07 Å². The van der Waals surface area contributed by atoms with Gasteiger partial charge in [-0.15, -0.1) is 0 Å². The highest BCUT2D eigenvalue weighted by Crippen LogP contribution is 2.02. The van der Waals surface area contributed by atoms with Gasteiger partial charge in [0.25, 0.3) is 0 Å². The largest absolute Gasteiger partial charge is 0.389 e. The van der Waals surface area contributed by atoms with Crippen molar-refractivity contribution in [2.45, 2.75) is 12.8 Å². The fourth-order valence-corrected chi connectivity index (χ4v) is 1.65. The molecule has 0 fully saturated rings. The van der Waals surface area contributed by atoms with E-state index in [0.29, 0.717) is 6.54 Å². The normalized spacial score (nSPS) is 11.3. The Morgan fingerprint density at radius 1 is 1.28 bits per heavy atom. The maximum Gasteiger partial charge on any atom is 0.126 e. The van der Waals surface area contributed by atoms with Crippen LogP contribution in [0.2, 0.25) is 0 Å². The zero-order valence-corrected chi connectivity index (χ0v) is 10.8. The molecule has 0 spiro atoms. The Morgan fingerprint density at radius 3 is 2.50 bits per heavy atom. The number of hydrogen-bond donors (Lipinski definition) is 3. The van der Waals surface area contributed by atoms with E-state index in [0.717, 1.165) is 12.8 Å². The summed E-state index contributed by atoms with van der Waals surface area (Å²) in [6.45, 7) is 0.675. The van der Waals surface area contributed by atoms with Crippen molar-refractivity contribution in [1.82, 2.24) is 5.32 Å². The maximum atomic E-state index is 8.81. The summed E-state index contributed by atoms with van der Waals surface area (Å²) in [5.41, 5.74) is 12.5. The molecule has 0 saturated heterocycles. The number of nitrogens with zero attached hydrogens (tertiary/aromatic N) is 1. The number of nitrogens with one attached hydrogen (secondary N) is 1. The summed E-state index contributed by atoms with van der Waals surface area (Å²) in [6, 6.07) is 12.1. The highest BCUT2D eigenvalue weighted by atomic mass is 32.1. The lowest BCUT2D eigenvalue weighted by atomic mass is 10.1. The van der Waals surface area contributed by atoms with Crippen LogP contribution in [0.25, 0.3) is 0 Å². The van der Waals surface area contributed by atoms with E-state index < -0.39 is 0 Å². The van der Waals surface area contributed by atoms with E-state index in [1.807, 2.05) is 24.3 Å². The molecule has 0 saturated carbocycles. The Kier molecular flexibility index (Phi) is 5.68. The van der Waals surface area contributed by atoms with E-state index in [-0.39, 0.29) is 16.4 Å². The number of benzene rings is 1. The molecule has 1 rings (SSSR count). The molecular formula is C13H16N4S. The first kappa shape index (κ1) is 14.0. The summed E-state index contributed by atoms with van der Waals surface area (Å²) in [4.78, 5) is 0.0190. The van der Waals surface area contributed by atoms with E-state index in [2.05, 4.69) is 17.4 Å². The van der Waals surface area contributed by atoms with Crippen LogP contribution in [-0.2, 0) is 6.42 Å². The number of aryl methyl sites for hydroxylation is 1. The average Bonchev–Trinajstić information content (AvgIpc) is 2.36. The van der Waals surface area contributed by atoms with Gasteiger partial charge in [-0.3, -0.25) is 0 Å². The third kappa shape index (κ3) is 4.44. The molecule has 5 N–H and O–H groups in total. The van der Waals surface area contributed by atoms with Gasteiger partial charge in [0.15, 0.2) is 0 Å². The van der Waals surface area contributed by atoms with Crippen molar-refractivity contribution >= 4 is 17.2 Å². The molecule has 1 aromatic rings. The minimum atomic E-state index is 0.0190. The first-order valence-electron chi connectivity index (χ1n) is 5.62. The van der Waals surface area contributed by atoms with Gasteiger partial charge in [-0.1, -0.05) is 42.5 Å². The van der Waals surface area contributed by atoms with Crippen molar-refractivity contribution < 1.29 is 0 Å². The van der Waals surface area contributed by atoms with Crippen LogP contribution >= 0.6 is 12.2 Å². The Bertz CT molecular complexity index is 474. The van der Waals surface area contributed by atoms with Crippen molar-refractivity contribution in [1.29, 1.82) is 5.26 Å². The summed E-state index contributed by atoms with van der Waals surface area (Å²) < 4.78 is 0. The van der Waals surface area contributed by atoms with Crippen LogP contribution in [0.3, 0.4) is 0 Å². The van der Waals surface area contributed by atoms with Gasteiger partial charge in [-0.05, 0) is 18.4 Å². The molecule has 0 heterocycles. The van der Waals surface area contributed by atoms with Crippen LogP contribution in [0.4, 0.5) is 0 Å². The second-order valence-electron chi connectivity index (χ2n) is 3.78. The standard InChI is InChI=1S/C13H16N4S/c14-9-11(13(16)18)12(15)17-8-4-7-10-5-2-1-3-6-10/h1-3,5-6,17H,4,7-8,15H2,(H2,16,18)/b12-11+. The van der Waals surface area contributed by atoms with E-state index in [4.69, 9.17) is 28.9 Å². The predicted molar refractivity (Wildman–Crippen MR) is 76.4 cm³/mol. The fraction of sp³-hybridized carbons (Fsp3) is 0.231. The first-order chi connectivity index (χ1) is 8.65. The summed E-state index contributed by atoms with van der Waals surface area (Å²) in [7, 11) is 0. The molecule has 1 aromatic carbocycles. The molecule has 0 unspecified atom stereocenters. The topological polar surface area (TPSA) is 87.9 Å². The number of nitrogens with two attached hydrogens (primary N) is 2. The lowest BCUT2D eigenvalue weighted by Crippen LogP contribution is -2.27. The smallest absolute Gasteiger partial charge is 0.126 e. The SMILES string of the molecule is N#C/C(C(N)=S)=C(/N)NCCCc1ccccc1. The summed E-state index contributed by atoms with van der Waals surface area (Å²) in [6.07, 6.45) is 1.87. The van der Waals surface area contributed by atoms with Gasteiger partial charge in [0.1, 0.15) is 22.5 Å². The van der Waals surface area contributed by atoms with E-state index in [9.17, 15) is 0 Å². The third-order valence-electron chi connectivity index (χ3n) is 2.43. The van der Waals surface area contributed by atoms with Gasteiger partial charge in [0.2, 0.25) is 0 Å². The van der Waals surface area contributed by atoms with Gasteiger partial charge in [-0.2, -0.15) is 5.26 Å². The second-order valence-corrected chi connectivity index (χ2v) is 4.22. The van der Waals surface area contributed by atoms with E-state index in [1.165, 1.54) is 5.56 Å². The molecule has 0 radical (unpaired) electrons. The molecule has 0 aromatic heterocycles. The Hall–Kier alpha value is -2.06. The van der Waals surface area contributed by atoms with Gasteiger partial charge >= 0.3 is 0 Å². The molecular weight excluding hydrogens is 244 g/mol. The van der Waals surface area contributed by atoms with Crippen LogP contribution in [0.15, 0.2) is 41.7 Å². The summed E-state index contributed by atoms with van der Waals surface area (Å²) >= 11 is 4.73. The van der Waals surface area contributed by atoms with Gasteiger partial charge in [-0.25, -0.2) is 0 Å². The molecule has 0 atom stereocenters. The Morgan fingerprint density at radius 2 is 1.94 bits per heavy atom. The molecule has 94 valence electrons. The lowest BCUT2D eigenvalue weighted by Gasteiger charge is -2.08. The van der Waals surface area contributed by atoms with Crippen LogP contribution in [0, 0.1) is 11.3 Å². The molecule has 5 heteroatoms. The molecule has 0 bridgehead atoms.